The number of piperazine rings is 1. The molecule has 0 radical (unpaired) electrons. The lowest BCUT2D eigenvalue weighted by Gasteiger charge is -2.42. The van der Waals surface area contributed by atoms with Gasteiger partial charge in [0.15, 0.2) is 18.3 Å². The van der Waals surface area contributed by atoms with Crippen LogP contribution in [0.15, 0.2) is 48.0 Å². The number of aryl methyl sites for hydroxylation is 1. The third-order valence-electron chi connectivity index (χ3n) is 9.82. The summed E-state index contributed by atoms with van der Waals surface area (Å²) in [6.07, 6.45) is 9.46. The summed E-state index contributed by atoms with van der Waals surface area (Å²) in [5.74, 6) is 1.98. The van der Waals surface area contributed by atoms with Crippen LogP contribution >= 0.6 is 0 Å². The Kier molecular flexibility index (Phi) is 11.9. The summed E-state index contributed by atoms with van der Waals surface area (Å²) in [5, 5.41) is 24.0. The maximum atomic E-state index is 13.6. The van der Waals surface area contributed by atoms with E-state index in [4.69, 9.17) is 24.4 Å². The van der Waals surface area contributed by atoms with Crippen LogP contribution in [0.2, 0.25) is 0 Å². The number of allylic oxidation sites excluding steroid dienone is 1. The molecular formula is C37H52N10O5. The molecule has 0 atom stereocenters. The Morgan fingerprint density at radius 3 is 2.50 bits per heavy atom. The van der Waals surface area contributed by atoms with E-state index in [1.165, 1.54) is 18.0 Å². The Balaban J connectivity index is 1.31. The number of rotatable bonds is 15. The first kappa shape index (κ1) is 37.4. The summed E-state index contributed by atoms with van der Waals surface area (Å²) in [6, 6.07) is 5.99. The van der Waals surface area contributed by atoms with Crippen LogP contribution in [0.3, 0.4) is 0 Å². The molecule has 0 amide bonds. The zero-order valence-corrected chi connectivity index (χ0v) is 30.8. The molecule has 0 bridgehead atoms. The van der Waals surface area contributed by atoms with E-state index < -0.39 is 5.60 Å². The average molecular weight is 717 g/mol. The van der Waals surface area contributed by atoms with Crippen molar-refractivity contribution in [3.05, 3.63) is 64.9 Å². The van der Waals surface area contributed by atoms with Crippen LogP contribution in [-0.4, -0.2) is 122 Å². The molecular weight excluding hydrogens is 664 g/mol. The zero-order chi connectivity index (χ0) is 36.8. The molecule has 2 aliphatic heterocycles. The molecule has 52 heavy (non-hydrogen) atoms. The summed E-state index contributed by atoms with van der Waals surface area (Å²) in [7, 11) is 3.71. The van der Waals surface area contributed by atoms with Crippen molar-refractivity contribution in [2.75, 3.05) is 77.0 Å². The Labute approximate surface area is 304 Å². The molecule has 0 saturated carbocycles. The second-order valence-electron chi connectivity index (χ2n) is 14.1. The van der Waals surface area contributed by atoms with Crippen LogP contribution in [0.1, 0.15) is 50.8 Å². The maximum Gasteiger partial charge on any atom is 0.278 e. The predicted octanol–water partition coefficient (Wildman–Crippen LogP) is 3.04. The first-order chi connectivity index (χ1) is 25.1. The number of hydrogen-bond donors (Lipinski definition) is 3. The SMILES string of the molecule is C=CCn1c(=O)c2cnc(Nc3cnc(N4CCC(N5CCN(C)CC5)CC4)c(CCCCO)c3)nc2n1-c1cc(OCOC)cc(C(C)(C)O)n1. The van der Waals surface area contributed by atoms with Gasteiger partial charge in [0, 0.05) is 77.4 Å². The molecule has 2 saturated heterocycles. The fourth-order valence-corrected chi connectivity index (χ4v) is 6.96. The third kappa shape index (κ3) is 8.45. The molecule has 15 heteroatoms. The van der Waals surface area contributed by atoms with E-state index in [2.05, 4.69) is 44.7 Å². The number of fused-ring (bicyclic) bond motifs is 1. The van der Waals surface area contributed by atoms with Crippen molar-refractivity contribution in [2.45, 2.75) is 64.1 Å². The van der Waals surface area contributed by atoms with Gasteiger partial charge >= 0.3 is 0 Å². The van der Waals surface area contributed by atoms with Crippen molar-refractivity contribution in [3.8, 4) is 11.6 Å². The molecule has 6 heterocycles. The molecule has 4 aromatic heterocycles. The number of piperidine rings is 1. The quantitative estimate of drug-likeness (QED) is 0.0938. The molecule has 0 aliphatic carbocycles. The molecule has 2 aliphatic rings. The van der Waals surface area contributed by atoms with Crippen LogP contribution in [0.5, 0.6) is 5.75 Å². The van der Waals surface area contributed by atoms with Gasteiger partial charge in [0.2, 0.25) is 5.95 Å². The summed E-state index contributed by atoms with van der Waals surface area (Å²) >= 11 is 0. The Bertz CT molecular complexity index is 1890. The minimum absolute atomic E-state index is 0.0133. The van der Waals surface area contributed by atoms with Crippen molar-refractivity contribution < 1.29 is 19.7 Å². The number of aromatic nitrogens is 6. The van der Waals surface area contributed by atoms with Crippen LogP contribution < -0.4 is 20.5 Å². The highest BCUT2D eigenvalue weighted by molar-refractivity contribution is 5.77. The van der Waals surface area contributed by atoms with Gasteiger partial charge in [0.1, 0.15) is 22.6 Å². The average Bonchev–Trinajstić information content (AvgIpc) is 3.41. The molecule has 0 unspecified atom stereocenters. The molecule has 280 valence electrons. The highest BCUT2D eigenvalue weighted by Gasteiger charge is 2.28. The van der Waals surface area contributed by atoms with E-state index in [0.29, 0.717) is 46.4 Å². The molecule has 2 fully saturated rings. The fraction of sp³-hybridized carbons (Fsp3) is 0.541. The van der Waals surface area contributed by atoms with Gasteiger partial charge in [-0.3, -0.25) is 9.69 Å². The molecule has 6 rings (SSSR count). The number of aliphatic hydroxyl groups excluding tert-OH is 1. The standard InChI is InChI=1S/C37H52N10O5/c1-6-12-46-35(49)30-24-39-36(42-34(30)47(46)32-22-29(52-25-51-5)21-31(41-32)37(2,3)50)40-27-20-26(9-7-8-19-48)33(38-23-27)45-13-10-28(11-14-45)44-17-15-43(4)16-18-44/h6,20-24,28,48,50H,1,7-19,25H2,2-5H3,(H,39,40,42). The number of nitrogens with zero attached hydrogens (tertiary/aromatic N) is 9. The highest BCUT2D eigenvalue weighted by Crippen LogP contribution is 2.30. The second-order valence-corrected chi connectivity index (χ2v) is 14.1. The van der Waals surface area contributed by atoms with Crippen LogP contribution in [0.4, 0.5) is 17.5 Å². The minimum Gasteiger partial charge on any atom is -0.467 e. The van der Waals surface area contributed by atoms with Crippen molar-refractivity contribution in [1.29, 1.82) is 0 Å². The van der Waals surface area contributed by atoms with Crippen LogP contribution in [0.25, 0.3) is 16.9 Å². The van der Waals surface area contributed by atoms with Gasteiger partial charge in [-0.25, -0.2) is 24.3 Å². The third-order valence-corrected chi connectivity index (χ3v) is 9.82. The number of ether oxygens (including phenoxy) is 2. The van der Waals surface area contributed by atoms with E-state index in [9.17, 15) is 15.0 Å². The lowest BCUT2D eigenvalue weighted by molar-refractivity contribution is 0.0491. The first-order valence-electron chi connectivity index (χ1n) is 18.1. The number of anilines is 3. The number of hydrogen-bond acceptors (Lipinski definition) is 13. The van der Waals surface area contributed by atoms with Gasteiger partial charge in [0.05, 0.1) is 24.1 Å². The van der Waals surface area contributed by atoms with E-state index in [1.54, 1.807) is 42.9 Å². The monoisotopic (exact) mass is 716 g/mol. The van der Waals surface area contributed by atoms with E-state index in [1.807, 2.05) is 0 Å². The van der Waals surface area contributed by atoms with Gasteiger partial charge in [-0.1, -0.05) is 6.08 Å². The van der Waals surface area contributed by atoms with E-state index in [-0.39, 0.29) is 31.5 Å². The maximum absolute atomic E-state index is 13.6. The van der Waals surface area contributed by atoms with Crippen molar-refractivity contribution in [3.63, 3.8) is 0 Å². The van der Waals surface area contributed by atoms with Crippen LogP contribution in [-0.2, 0) is 23.3 Å². The van der Waals surface area contributed by atoms with Gasteiger partial charge < -0.3 is 34.8 Å². The normalized spacial score (nSPS) is 16.5. The van der Waals surface area contributed by atoms with Crippen molar-refractivity contribution >= 4 is 28.5 Å². The Morgan fingerprint density at radius 2 is 1.81 bits per heavy atom. The Hall–Kier alpha value is -4.41. The number of methoxy groups -OCH3 is 1. The number of likely N-dealkylation sites (N-methyl/N-ethyl adjacent to an activating group) is 1. The number of nitrogens with one attached hydrogen (secondary N) is 1. The second kappa shape index (κ2) is 16.5. The largest absolute Gasteiger partial charge is 0.467 e. The molecule has 0 aromatic carbocycles. The molecule has 3 N–H and O–H groups in total. The predicted molar refractivity (Wildman–Crippen MR) is 201 cm³/mol. The van der Waals surface area contributed by atoms with E-state index in [0.717, 1.165) is 76.3 Å². The van der Waals surface area contributed by atoms with Gasteiger partial charge in [-0.2, -0.15) is 4.98 Å². The first-order valence-corrected chi connectivity index (χ1v) is 18.1. The van der Waals surface area contributed by atoms with Crippen molar-refractivity contribution in [2.24, 2.45) is 0 Å². The molecule has 4 aromatic rings. The smallest absolute Gasteiger partial charge is 0.278 e. The van der Waals surface area contributed by atoms with E-state index >= 15 is 0 Å². The summed E-state index contributed by atoms with van der Waals surface area (Å²) in [5.41, 5.74) is 0.855. The topological polar surface area (TPSA) is 159 Å². The van der Waals surface area contributed by atoms with Gasteiger partial charge in [-0.05, 0) is 64.6 Å². The number of unbranched alkanes of at least 4 members (excludes halogenated alkanes) is 1. The Morgan fingerprint density at radius 1 is 1.04 bits per heavy atom. The van der Waals surface area contributed by atoms with Crippen molar-refractivity contribution in [1.82, 2.24) is 39.1 Å². The summed E-state index contributed by atoms with van der Waals surface area (Å²) in [6.45, 7) is 13.8. The van der Waals surface area contributed by atoms with Crippen LogP contribution in [0, 0.1) is 0 Å². The summed E-state index contributed by atoms with van der Waals surface area (Å²) in [4.78, 5) is 40.1. The zero-order valence-electron chi connectivity index (χ0n) is 30.8. The lowest BCUT2D eigenvalue weighted by atomic mass is 10.0. The molecule has 0 spiro atoms. The lowest BCUT2D eigenvalue weighted by Crippen LogP contribution is -2.52. The van der Waals surface area contributed by atoms with Gasteiger partial charge in [-0.15, -0.1) is 6.58 Å². The number of aliphatic hydroxyl groups is 2. The molecule has 15 nitrogen and oxygen atoms in total. The fourth-order valence-electron chi connectivity index (χ4n) is 6.96. The summed E-state index contributed by atoms with van der Waals surface area (Å²) < 4.78 is 13.9. The minimum atomic E-state index is -1.30. The highest BCUT2D eigenvalue weighted by atomic mass is 16.7. The van der Waals surface area contributed by atoms with Gasteiger partial charge in [0.25, 0.3) is 5.56 Å². The number of pyridine rings is 2.